The first-order valence-electron chi connectivity index (χ1n) is 9.80. The normalized spacial score (nSPS) is 16.9. The van der Waals surface area contributed by atoms with Crippen LogP contribution in [0.3, 0.4) is 0 Å². The summed E-state index contributed by atoms with van der Waals surface area (Å²) in [7, 11) is 3.92. The Balaban J connectivity index is 1.61. The van der Waals surface area contributed by atoms with Crippen molar-refractivity contribution in [2.75, 3.05) is 30.9 Å². The molecule has 1 aliphatic heterocycles. The third kappa shape index (κ3) is 5.87. The molecular formula is C22H27ClN4O2. The van der Waals surface area contributed by atoms with Gasteiger partial charge in [0.25, 0.3) is 0 Å². The predicted molar refractivity (Wildman–Crippen MR) is 117 cm³/mol. The molecule has 29 heavy (non-hydrogen) atoms. The predicted octanol–water partition coefficient (Wildman–Crippen LogP) is 4.11. The first kappa shape index (κ1) is 21.0. The Hall–Kier alpha value is -2.73. The molecule has 3 amide bonds. The minimum atomic E-state index is -0.530. The Kier molecular flexibility index (Phi) is 6.99. The summed E-state index contributed by atoms with van der Waals surface area (Å²) in [5.74, 6) is -0.0550. The van der Waals surface area contributed by atoms with E-state index in [0.717, 1.165) is 24.1 Å². The van der Waals surface area contributed by atoms with Crippen molar-refractivity contribution < 1.29 is 9.59 Å². The van der Waals surface area contributed by atoms with E-state index < -0.39 is 6.04 Å². The van der Waals surface area contributed by atoms with Crippen molar-refractivity contribution in [2.45, 2.75) is 31.8 Å². The molecule has 1 aliphatic rings. The Morgan fingerprint density at radius 3 is 2.62 bits per heavy atom. The van der Waals surface area contributed by atoms with Crippen molar-refractivity contribution in [2.24, 2.45) is 0 Å². The highest BCUT2D eigenvalue weighted by Gasteiger charge is 2.28. The zero-order chi connectivity index (χ0) is 20.8. The highest BCUT2D eigenvalue weighted by Crippen LogP contribution is 2.19. The van der Waals surface area contributed by atoms with E-state index >= 15 is 0 Å². The van der Waals surface area contributed by atoms with E-state index in [-0.39, 0.29) is 11.9 Å². The summed E-state index contributed by atoms with van der Waals surface area (Å²) in [4.78, 5) is 29.2. The molecule has 2 aromatic rings. The molecule has 0 radical (unpaired) electrons. The maximum atomic E-state index is 13.0. The quantitative estimate of drug-likeness (QED) is 0.773. The van der Waals surface area contributed by atoms with Crippen LogP contribution in [0.25, 0.3) is 0 Å². The summed E-state index contributed by atoms with van der Waals surface area (Å²) in [6.45, 7) is 1.17. The Morgan fingerprint density at radius 1 is 1.17 bits per heavy atom. The summed E-state index contributed by atoms with van der Waals surface area (Å²) in [6, 6.07) is 14.2. The van der Waals surface area contributed by atoms with Gasteiger partial charge in [0.2, 0.25) is 5.91 Å². The van der Waals surface area contributed by atoms with Crippen LogP contribution >= 0.6 is 11.6 Å². The minimum absolute atomic E-state index is 0.0550. The molecule has 154 valence electrons. The summed E-state index contributed by atoms with van der Waals surface area (Å²) in [5.41, 5.74) is 2.72. The summed E-state index contributed by atoms with van der Waals surface area (Å²) in [5, 5.41) is 6.31. The number of carbonyl (C=O) groups is 2. The zero-order valence-electron chi connectivity index (χ0n) is 16.8. The Morgan fingerprint density at radius 2 is 1.93 bits per heavy atom. The van der Waals surface area contributed by atoms with Crippen LogP contribution in [0.2, 0.25) is 5.02 Å². The number of nitrogens with zero attached hydrogens (tertiary/aromatic N) is 2. The monoisotopic (exact) mass is 414 g/mol. The number of likely N-dealkylation sites (tertiary alicyclic amines) is 1. The smallest absolute Gasteiger partial charge is 0.319 e. The maximum Gasteiger partial charge on any atom is 0.319 e. The van der Waals surface area contributed by atoms with Gasteiger partial charge in [-0.3, -0.25) is 4.79 Å². The molecule has 0 saturated carbocycles. The van der Waals surface area contributed by atoms with Crippen molar-refractivity contribution >= 4 is 34.9 Å². The van der Waals surface area contributed by atoms with E-state index in [1.807, 2.05) is 67.5 Å². The van der Waals surface area contributed by atoms with Crippen LogP contribution < -0.4 is 15.5 Å². The first-order chi connectivity index (χ1) is 13.9. The highest BCUT2D eigenvalue weighted by atomic mass is 35.5. The lowest BCUT2D eigenvalue weighted by Gasteiger charge is -2.25. The van der Waals surface area contributed by atoms with Gasteiger partial charge in [-0.25, -0.2) is 4.79 Å². The van der Waals surface area contributed by atoms with Crippen LogP contribution in [0.1, 0.15) is 24.8 Å². The molecule has 2 N–H and O–H groups in total. The number of hydrogen-bond acceptors (Lipinski definition) is 3. The molecule has 1 saturated heterocycles. The van der Waals surface area contributed by atoms with Crippen LogP contribution in [-0.2, 0) is 11.3 Å². The number of carbonyl (C=O) groups excluding carboxylic acids is 2. The van der Waals surface area contributed by atoms with Crippen LogP contribution in [0.15, 0.2) is 48.5 Å². The average molecular weight is 415 g/mol. The van der Waals surface area contributed by atoms with Crippen LogP contribution in [-0.4, -0.2) is 43.5 Å². The fraction of sp³-hybridized carbons (Fsp3) is 0.364. The first-order valence-corrected chi connectivity index (χ1v) is 10.2. The fourth-order valence-corrected chi connectivity index (χ4v) is 3.63. The molecule has 0 bridgehead atoms. The number of nitrogens with one attached hydrogen (secondary N) is 2. The molecule has 1 unspecified atom stereocenters. The van der Waals surface area contributed by atoms with Gasteiger partial charge >= 0.3 is 6.03 Å². The van der Waals surface area contributed by atoms with Crippen molar-refractivity contribution in [3.05, 3.63) is 59.1 Å². The summed E-state index contributed by atoms with van der Waals surface area (Å²) >= 11 is 6.06. The molecule has 6 nitrogen and oxygen atoms in total. The Labute approximate surface area is 176 Å². The molecular weight excluding hydrogens is 388 g/mol. The number of anilines is 2. The molecule has 3 rings (SSSR count). The van der Waals surface area contributed by atoms with Gasteiger partial charge < -0.3 is 20.4 Å². The van der Waals surface area contributed by atoms with Gasteiger partial charge in [-0.1, -0.05) is 23.7 Å². The number of rotatable bonds is 5. The standard InChI is InChI=1S/C22H27ClN4O2/c1-26(2)19-11-9-18(10-12-19)24-22(29)25-20-8-3-4-13-27(21(20)28)15-16-6-5-7-17(23)14-16/h5-7,9-12,14,20H,3-4,8,13,15H2,1-2H3,(H2,24,25,29). The van der Waals surface area contributed by atoms with Crippen molar-refractivity contribution in [1.82, 2.24) is 10.2 Å². The van der Waals surface area contributed by atoms with Gasteiger partial charge in [-0.15, -0.1) is 0 Å². The zero-order valence-corrected chi connectivity index (χ0v) is 17.6. The van der Waals surface area contributed by atoms with Gasteiger partial charge in [0.05, 0.1) is 0 Å². The number of hydrogen-bond donors (Lipinski definition) is 2. The van der Waals surface area contributed by atoms with Gasteiger partial charge in [0.1, 0.15) is 6.04 Å². The third-order valence-electron chi connectivity index (χ3n) is 4.99. The SMILES string of the molecule is CN(C)c1ccc(NC(=O)NC2CCCCN(Cc3cccc(Cl)c3)C2=O)cc1. The second kappa shape index (κ2) is 9.65. The number of halogens is 1. The Bertz CT molecular complexity index is 854. The largest absolute Gasteiger partial charge is 0.378 e. The molecule has 0 aliphatic carbocycles. The highest BCUT2D eigenvalue weighted by molar-refractivity contribution is 6.30. The van der Waals surface area contributed by atoms with Crippen molar-refractivity contribution in [3.63, 3.8) is 0 Å². The van der Waals surface area contributed by atoms with Gasteiger partial charge in [-0.05, 0) is 61.2 Å². The van der Waals surface area contributed by atoms with Gasteiger partial charge in [0.15, 0.2) is 0 Å². The van der Waals surface area contributed by atoms with E-state index in [0.29, 0.717) is 30.2 Å². The summed E-state index contributed by atoms with van der Waals surface area (Å²) < 4.78 is 0. The van der Waals surface area contributed by atoms with Crippen LogP contribution in [0, 0.1) is 0 Å². The van der Waals surface area contributed by atoms with E-state index in [1.54, 1.807) is 4.90 Å². The molecule has 7 heteroatoms. The molecule has 1 atom stereocenters. The van der Waals surface area contributed by atoms with E-state index in [1.165, 1.54) is 0 Å². The second-order valence-electron chi connectivity index (χ2n) is 7.48. The van der Waals surface area contributed by atoms with E-state index in [4.69, 9.17) is 11.6 Å². The number of amides is 3. The summed E-state index contributed by atoms with van der Waals surface area (Å²) in [6.07, 6.45) is 2.44. The molecule has 0 spiro atoms. The third-order valence-corrected chi connectivity index (χ3v) is 5.23. The lowest BCUT2D eigenvalue weighted by molar-refractivity contribution is -0.133. The second-order valence-corrected chi connectivity index (χ2v) is 7.91. The van der Waals surface area contributed by atoms with Crippen molar-refractivity contribution in [1.29, 1.82) is 0 Å². The van der Waals surface area contributed by atoms with Gasteiger partial charge in [0, 0.05) is 43.6 Å². The lowest BCUT2D eigenvalue weighted by Crippen LogP contribution is -2.48. The van der Waals surface area contributed by atoms with Gasteiger partial charge in [-0.2, -0.15) is 0 Å². The number of urea groups is 1. The molecule has 0 aromatic heterocycles. The van der Waals surface area contributed by atoms with Crippen molar-refractivity contribution in [3.8, 4) is 0 Å². The molecule has 2 aromatic carbocycles. The lowest BCUT2D eigenvalue weighted by atomic mass is 10.1. The fourth-order valence-electron chi connectivity index (χ4n) is 3.42. The molecule has 1 fully saturated rings. The number of benzene rings is 2. The molecule has 1 heterocycles. The van der Waals surface area contributed by atoms with E-state index in [2.05, 4.69) is 10.6 Å². The topological polar surface area (TPSA) is 64.7 Å². The van der Waals surface area contributed by atoms with E-state index in [9.17, 15) is 9.59 Å². The average Bonchev–Trinajstić information content (AvgIpc) is 2.84. The maximum absolute atomic E-state index is 13.0. The minimum Gasteiger partial charge on any atom is -0.378 e. The van der Waals surface area contributed by atoms with Crippen LogP contribution in [0.4, 0.5) is 16.2 Å². The van der Waals surface area contributed by atoms with Crippen LogP contribution in [0.5, 0.6) is 0 Å².